The molecule has 1 aromatic carbocycles. The fourth-order valence-corrected chi connectivity index (χ4v) is 4.59. The Hall–Kier alpha value is -2.68. The number of fused-ring (bicyclic) bond motifs is 1. The summed E-state index contributed by atoms with van der Waals surface area (Å²) in [4.78, 5) is 17.9. The highest BCUT2D eigenvalue weighted by Crippen LogP contribution is 2.48. The quantitative estimate of drug-likeness (QED) is 0.719. The van der Waals surface area contributed by atoms with E-state index in [4.69, 9.17) is 14.2 Å². The lowest BCUT2D eigenvalue weighted by molar-refractivity contribution is -0.118. The van der Waals surface area contributed by atoms with Crippen LogP contribution in [-0.2, 0) is 4.79 Å². The molecule has 160 valence electrons. The molecule has 0 fully saturated rings. The maximum atomic E-state index is 13.3. The average Bonchev–Trinajstić information content (AvgIpc) is 3.12. The van der Waals surface area contributed by atoms with Gasteiger partial charge in [-0.05, 0) is 35.8 Å². The van der Waals surface area contributed by atoms with Crippen molar-refractivity contribution in [2.24, 2.45) is 5.41 Å². The van der Waals surface area contributed by atoms with Gasteiger partial charge in [0.2, 0.25) is 16.9 Å². The second-order valence-corrected chi connectivity index (χ2v) is 8.96. The Morgan fingerprint density at radius 1 is 1.13 bits per heavy atom. The van der Waals surface area contributed by atoms with Crippen molar-refractivity contribution in [2.75, 3.05) is 32.9 Å². The van der Waals surface area contributed by atoms with Crippen LogP contribution < -0.4 is 19.5 Å². The minimum atomic E-state index is -0.429. The molecule has 4 rings (SSSR count). The van der Waals surface area contributed by atoms with E-state index in [2.05, 4.69) is 29.2 Å². The smallest absolute Gasteiger partial charge is 0.227 e. The van der Waals surface area contributed by atoms with E-state index in [1.54, 1.807) is 26.0 Å². The normalized spacial score (nSPS) is 19.7. The predicted molar refractivity (Wildman–Crippen MR) is 115 cm³/mol. The van der Waals surface area contributed by atoms with Crippen molar-refractivity contribution in [3.8, 4) is 17.2 Å². The van der Waals surface area contributed by atoms with Crippen LogP contribution in [0.4, 0.5) is 5.95 Å². The second kappa shape index (κ2) is 7.54. The minimum absolute atomic E-state index is 0.111. The van der Waals surface area contributed by atoms with Gasteiger partial charge in [-0.2, -0.15) is 4.98 Å². The first-order chi connectivity index (χ1) is 14.3. The lowest BCUT2D eigenvalue weighted by Gasteiger charge is -2.38. The summed E-state index contributed by atoms with van der Waals surface area (Å²) < 4.78 is 18.3. The molecule has 30 heavy (non-hydrogen) atoms. The molecule has 2 aromatic rings. The van der Waals surface area contributed by atoms with Crippen LogP contribution in [0.25, 0.3) is 0 Å². The van der Waals surface area contributed by atoms with Gasteiger partial charge in [0.1, 0.15) is 6.04 Å². The van der Waals surface area contributed by atoms with Gasteiger partial charge in [0.15, 0.2) is 17.3 Å². The van der Waals surface area contributed by atoms with Gasteiger partial charge in [0.05, 0.1) is 21.3 Å². The van der Waals surface area contributed by atoms with Crippen molar-refractivity contribution in [3.05, 3.63) is 29.0 Å². The maximum absolute atomic E-state index is 13.3. The number of carbonyl (C=O) groups excluding carboxylic acids is 1. The number of benzene rings is 1. The first kappa shape index (κ1) is 20.6. The zero-order valence-electron chi connectivity index (χ0n) is 18.0. The van der Waals surface area contributed by atoms with Crippen LogP contribution in [0, 0.1) is 5.41 Å². The number of carbonyl (C=O) groups is 1. The molecule has 0 radical (unpaired) electrons. The number of thioether (sulfide) groups is 1. The molecule has 0 bridgehead atoms. The molecule has 0 amide bonds. The van der Waals surface area contributed by atoms with Crippen LogP contribution >= 0.6 is 11.8 Å². The van der Waals surface area contributed by atoms with Crippen LogP contribution in [0.15, 0.2) is 28.6 Å². The molecular formula is C21H26N4O4S. The molecule has 8 nitrogen and oxygen atoms in total. The van der Waals surface area contributed by atoms with Crippen LogP contribution in [0.3, 0.4) is 0 Å². The Bertz CT molecular complexity index is 1020. The standard InChI is InChI=1S/C21H26N4O4S/c1-21(2)9-12-16(13(26)10-21)17(25-19(22-12)23-20(24-25)30-6)11-7-14(27-3)18(29-5)15(8-11)28-4/h7-8,17H,9-10H2,1-6H3,(H,22,23,24). The molecule has 0 saturated heterocycles. The van der Waals surface area contributed by atoms with E-state index in [1.807, 2.05) is 18.4 Å². The van der Waals surface area contributed by atoms with E-state index in [0.717, 1.165) is 17.7 Å². The van der Waals surface area contributed by atoms with Gasteiger partial charge in [0.25, 0.3) is 0 Å². The minimum Gasteiger partial charge on any atom is -0.493 e. The average molecular weight is 431 g/mol. The molecule has 9 heteroatoms. The number of ketones is 1. The zero-order valence-corrected chi connectivity index (χ0v) is 18.8. The van der Waals surface area contributed by atoms with E-state index in [9.17, 15) is 4.79 Å². The molecule has 1 unspecified atom stereocenters. The summed E-state index contributed by atoms with van der Waals surface area (Å²) in [5.74, 6) is 2.30. The van der Waals surface area contributed by atoms with Crippen LogP contribution in [-0.4, -0.2) is 48.1 Å². The van der Waals surface area contributed by atoms with Gasteiger partial charge in [-0.1, -0.05) is 25.6 Å². The fourth-order valence-electron chi connectivity index (χ4n) is 4.24. The lowest BCUT2D eigenvalue weighted by Crippen LogP contribution is -2.36. The SMILES string of the molecule is COc1cc(C2C3=C(CC(C)(C)CC3=O)Nc3nc(SC)nn32)cc(OC)c1OC. The van der Waals surface area contributed by atoms with Crippen molar-refractivity contribution in [1.29, 1.82) is 0 Å². The zero-order chi connectivity index (χ0) is 21.6. The number of Topliss-reactive ketones (excluding diaryl/α,β-unsaturated/α-hetero) is 1. The Morgan fingerprint density at radius 2 is 1.80 bits per heavy atom. The van der Waals surface area contributed by atoms with E-state index >= 15 is 0 Å². The van der Waals surface area contributed by atoms with E-state index < -0.39 is 6.04 Å². The van der Waals surface area contributed by atoms with E-state index in [1.165, 1.54) is 11.8 Å². The third-order valence-corrected chi connectivity index (χ3v) is 6.04. The Kier molecular flexibility index (Phi) is 5.17. The summed E-state index contributed by atoms with van der Waals surface area (Å²) in [5, 5.41) is 8.66. The number of methoxy groups -OCH3 is 3. The summed E-state index contributed by atoms with van der Waals surface area (Å²) in [5.41, 5.74) is 2.33. The van der Waals surface area contributed by atoms with E-state index in [-0.39, 0.29) is 11.2 Å². The molecular weight excluding hydrogens is 404 g/mol. The first-order valence-corrected chi connectivity index (χ1v) is 10.9. The number of nitrogens with one attached hydrogen (secondary N) is 1. The number of rotatable bonds is 5. The summed E-state index contributed by atoms with van der Waals surface area (Å²) in [6.07, 6.45) is 3.17. The number of aromatic nitrogens is 3. The van der Waals surface area contributed by atoms with Crippen molar-refractivity contribution >= 4 is 23.5 Å². The van der Waals surface area contributed by atoms with Gasteiger partial charge in [-0.15, -0.1) is 5.10 Å². The highest BCUT2D eigenvalue weighted by molar-refractivity contribution is 7.98. The lowest BCUT2D eigenvalue weighted by atomic mass is 9.73. The molecule has 0 saturated carbocycles. The maximum Gasteiger partial charge on any atom is 0.227 e. The number of hydrogen-bond donors (Lipinski definition) is 1. The highest BCUT2D eigenvalue weighted by atomic mass is 32.2. The monoisotopic (exact) mass is 430 g/mol. The molecule has 2 aliphatic rings. The highest BCUT2D eigenvalue weighted by Gasteiger charge is 2.42. The van der Waals surface area contributed by atoms with Gasteiger partial charge in [0, 0.05) is 17.7 Å². The summed E-state index contributed by atoms with van der Waals surface area (Å²) in [7, 11) is 4.72. The molecule has 1 atom stereocenters. The van der Waals surface area contributed by atoms with E-state index in [0.29, 0.717) is 40.3 Å². The van der Waals surface area contributed by atoms with Gasteiger partial charge in [-0.3, -0.25) is 4.79 Å². The number of hydrogen-bond acceptors (Lipinski definition) is 8. The van der Waals surface area contributed by atoms with Gasteiger partial charge in [-0.25, -0.2) is 4.68 Å². The van der Waals surface area contributed by atoms with Gasteiger partial charge < -0.3 is 19.5 Å². The van der Waals surface area contributed by atoms with Crippen molar-refractivity contribution in [3.63, 3.8) is 0 Å². The third-order valence-electron chi connectivity index (χ3n) is 5.50. The number of nitrogens with zero attached hydrogens (tertiary/aromatic N) is 3. The Morgan fingerprint density at radius 3 is 2.37 bits per heavy atom. The molecule has 1 aromatic heterocycles. The Labute approximate surface area is 180 Å². The predicted octanol–water partition coefficient (Wildman–Crippen LogP) is 3.68. The largest absolute Gasteiger partial charge is 0.493 e. The van der Waals surface area contributed by atoms with Crippen molar-refractivity contribution in [2.45, 2.75) is 37.9 Å². The molecule has 2 heterocycles. The fraction of sp³-hybridized carbons (Fsp3) is 0.476. The first-order valence-electron chi connectivity index (χ1n) is 9.65. The summed E-state index contributed by atoms with van der Waals surface area (Å²) >= 11 is 1.46. The van der Waals surface area contributed by atoms with Crippen molar-refractivity contribution in [1.82, 2.24) is 14.8 Å². The summed E-state index contributed by atoms with van der Waals surface area (Å²) in [6.45, 7) is 4.22. The second-order valence-electron chi connectivity index (χ2n) is 8.19. The molecule has 0 spiro atoms. The number of allylic oxidation sites excluding steroid dienone is 2. The molecule has 1 aliphatic heterocycles. The summed E-state index contributed by atoms with van der Waals surface area (Å²) in [6, 6.07) is 3.32. The van der Waals surface area contributed by atoms with Crippen LogP contribution in [0.1, 0.15) is 38.3 Å². The number of ether oxygens (including phenoxy) is 3. The van der Waals surface area contributed by atoms with Gasteiger partial charge >= 0.3 is 0 Å². The number of anilines is 1. The Balaban J connectivity index is 1.95. The van der Waals surface area contributed by atoms with Crippen LogP contribution in [0.5, 0.6) is 17.2 Å². The molecule has 1 N–H and O–H groups in total. The van der Waals surface area contributed by atoms with Crippen molar-refractivity contribution < 1.29 is 19.0 Å². The third kappa shape index (κ3) is 3.30. The van der Waals surface area contributed by atoms with Crippen LogP contribution in [0.2, 0.25) is 0 Å². The topological polar surface area (TPSA) is 87.5 Å². The molecule has 1 aliphatic carbocycles.